The molecule has 0 bridgehead atoms. The van der Waals surface area contributed by atoms with Crippen molar-refractivity contribution in [1.29, 1.82) is 0 Å². The predicted octanol–water partition coefficient (Wildman–Crippen LogP) is 9.05. The molecule has 0 atom stereocenters. The Balaban J connectivity index is 0.000000178. The maximum Gasteiger partial charge on any atom is 0.231 e. The van der Waals surface area contributed by atoms with Gasteiger partial charge in [0.05, 0.1) is 0 Å². The summed E-state index contributed by atoms with van der Waals surface area (Å²) >= 11 is 1.83. The number of rotatable bonds is 0. The van der Waals surface area contributed by atoms with Gasteiger partial charge >= 0.3 is 0 Å². The fraction of sp³-hybridized carbons (Fsp3) is 0.467. The lowest BCUT2D eigenvalue weighted by molar-refractivity contribution is 0.174. The predicted molar refractivity (Wildman–Crippen MR) is 144 cm³/mol. The molecule has 0 aliphatic carbocycles. The third-order valence-corrected chi connectivity index (χ3v) is 6.71. The van der Waals surface area contributed by atoms with Crippen LogP contribution in [-0.2, 0) is 16.2 Å². The quantitative estimate of drug-likeness (QED) is 0.329. The molecular weight excluding hydrogens is 424 g/mol. The van der Waals surface area contributed by atoms with Crippen molar-refractivity contribution in [1.82, 2.24) is 0 Å². The number of thiophene rings is 1. The number of aryl methyl sites for hydroxylation is 1. The second-order valence-corrected chi connectivity index (χ2v) is 12.6. The van der Waals surface area contributed by atoms with E-state index >= 15 is 0 Å². The topological polar surface area (TPSA) is 18.5 Å². The van der Waals surface area contributed by atoms with Gasteiger partial charge in [-0.15, -0.1) is 11.3 Å². The monoisotopic (exact) mass is 466 g/mol. The van der Waals surface area contributed by atoms with Crippen molar-refractivity contribution >= 4 is 11.3 Å². The van der Waals surface area contributed by atoms with Crippen LogP contribution in [0.3, 0.4) is 0 Å². The van der Waals surface area contributed by atoms with E-state index in [1.54, 1.807) is 0 Å². The molecule has 0 spiro atoms. The minimum absolute atomic E-state index is 0.168. The van der Waals surface area contributed by atoms with Gasteiger partial charge in [-0.1, -0.05) is 104 Å². The van der Waals surface area contributed by atoms with E-state index < -0.39 is 0 Å². The second-order valence-electron chi connectivity index (χ2n) is 11.7. The zero-order valence-electron chi connectivity index (χ0n) is 22.2. The van der Waals surface area contributed by atoms with Gasteiger partial charge < -0.3 is 9.47 Å². The maximum absolute atomic E-state index is 5.31. The van der Waals surface area contributed by atoms with Gasteiger partial charge in [0.25, 0.3) is 0 Å². The molecule has 0 radical (unpaired) electrons. The molecule has 2 aromatic carbocycles. The summed E-state index contributed by atoms with van der Waals surface area (Å²) in [7, 11) is 0. The van der Waals surface area contributed by atoms with Crippen molar-refractivity contribution in [3.63, 3.8) is 0 Å². The van der Waals surface area contributed by atoms with Gasteiger partial charge in [-0.2, -0.15) is 0 Å². The molecule has 1 aromatic heterocycles. The van der Waals surface area contributed by atoms with Gasteiger partial charge in [0.15, 0.2) is 11.5 Å². The maximum atomic E-state index is 5.31. The molecule has 3 heteroatoms. The van der Waals surface area contributed by atoms with Crippen molar-refractivity contribution in [3.05, 3.63) is 81.5 Å². The summed E-state index contributed by atoms with van der Waals surface area (Å²) in [5, 5.41) is 2.13. The van der Waals surface area contributed by atoms with E-state index in [2.05, 4.69) is 123 Å². The van der Waals surface area contributed by atoms with Gasteiger partial charge in [-0.3, -0.25) is 0 Å². The molecule has 3 aromatic rings. The van der Waals surface area contributed by atoms with Gasteiger partial charge in [-0.05, 0) is 57.9 Å². The van der Waals surface area contributed by atoms with E-state index in [-0.39, 0.29) is 10.8 Å². The summed E-state index contributed by atoms with van der Waals surface area (Å²) < 4.78 is 10.6. The molecule has 0 amide bonds. The molecule has 0 saturated heterocycles. The number of hydrogen-bond donors (Lipinski definition) is 0. The van der Waals surface area contributed by atoms with Crippen molar-refractivity contribution < 1.29 is 9.47 Å². The Morgan fingerprint density at radius 1 is 0.636 bits per heavy atom. The van der Waals surface area contributed by atoms with Crippen molar-refractivity contribution in [2.75, 3.05) is 6.79 Å². The lowest BCUT2D eigenvalue weighted by Crippen LogP contribution is -2.10. The molecule has 2 nitrogen and oxygen atoms in total. The smallest absolute Gasteiger partial charge is 0.231 e. The highest BCUT2D eigenvalue weighted by Crippen LogP contribution is 2.36. The normalized spacial score (nSPS) is 12.9. The lowest BCUT2D eigenvalue weighted by atomic mass is 9.87. The highest BCUT2D eigenvalue weighted by atomic mass is 32.1. The van der Waals surface area contributed by atoms with Crippen molar-refractivity contribution in [2.24, 2.45) is 0 Å². The SMILES string of the molecule is CC(C)(C)c1ccc2c(c1)OCO2.CC(C)(C)c1cccs1.Cc1ccc(C(C)(C)C)cc1. The number of benzene rings is 2. The molecule has 2 heterocycles. The van der Waals surface area contributed by atoms with Gasteiger partial charge in [0, 0.05) is 4.88 Å². The Morgan fingerprint density at radius 2 is 1.18 bits per heavy atom. The third kappa shape index (κ3) is 8.55. The van der Waals surface area contributed by atoms with Crippen LogP contribution in [0.1, 0.15) is 83.9 Å². The summed E-state index contributed by atoms with van der Waals surface area (Å²) in [5.74, 6) is 1.72. The fourth-order valence-corrected chi connectivity index (χ4v) is 3.94. The molecular formula is C30H42O2S. The van der Waals surface area contributed by atoms with Crippen LogP contribution in [0.5, 0.6) is 11.5 Å². The lowest BCUT2D eigenvalue weighted by Gasteiger charge is -2.18. The number of fused-ring (bicyclic) bond motifs is 1. The zero-order chi connectivity index (χ0) is 24.9. The van der Waals surface area contributed by atoms with Crippen molar-refractivity contribution in [3.8, 4) is 11.5 Å². The standard InChI is InChI=1S/C11H14O2.C11H16.C8H12S/c1-11(2,3)8-4-5-9-10(6-8)13-7-12-9;1-9-5-7-10(8-6-9)11(2,3)4;1-8(2,3)7-5-4-6-9-7/h4-6H,7H2,1-3H3;5-8H,1-4H3;4-6H,1-3H3. The van der Waals surface area contributed by atoms with Gasteiger partial charge in [-0.25, -0.2) is 0 Å². The molecule has 0 unspecified atom stereocenters. The zero-order valence-corrected chi connectivity index (χ0v) is 23.0. The summed E-state index contributed by atoms with van der Waals surface area (Å²) in [4.78, 5) is 1.46. The summed E-state index contributed by atoms with van der Waals surface area (Å²) in [5.41, 5.74) is 4.81. The van der Waals surface area contributed by atoms with Crippen LogP contribution in [0.15, 0.2) is 60.0 Å². The Morgan fingerprint density at radius 3 is 1.64 bits per heavy atom. The highest BCUT2D eigenvalue weighted by Gasteiger charge is 2.19. The van der Waals surface area contributed by atoms with Crippen LogP contribution in [-0.4, -0.2) is 6.79 Å². The second kappa shape index (κ2) is 10.8. The molecule has 180 valence electrons. The average Bonchev–Trinajstić information content (AvgIpc) is 3.39. The molecule has 0 saturated carbocycles. The van der Waals surface area contributed by atoms with Crippen LogP contribution >= 0.6 is 11.3 Å². The van der Waals surface area contributed by atoms with E-state index in [4.69, 9.17) is 9.47 Å². The van der Waals surface area contributed by atoms with Crippen LogP contribution in [0, 0.1) is 6.92 Å². The molecule has 1 aliphatic rings. The first-order valence-electron chi connectivity index (χ1n) is 11.7. The van der Waals surface area contributed by atoms with Crippen LogP contribution in [0.25, 0.3) is 0 Å². The molecule has 0 N–H and O–H groups in total. The van der Waals surface area contributed by atoms with E-state index in [0.717, 1.165) is 11.5 Å². The molecule has 4 rings (SSSR count). The van der Waals surface area contributed by atoms with Crippen LogP contribution < -0.4 is 9.47 Å². The fourth-order valence-electron chi connectivity index (χ4n) is 3.12. The Hall–Kier alpha value is -2.26. The first-order valence-corrected chi connectivity index (χ1v) is 12.6. The van der Waals surface area contributed by atoms with E-state index in [0.29, 0.717) is 12.2 Å². The summed E-state index contributed by atoms with van der Waals surface area (Å²) in [6.45, 7) is 22.4. The largest absolute Gasteiger partial charge is 0.454 e. The van der Waals surface area contributed by atoms with Crippen LogP contribution in [0.4, 0.5) is 0 Å². The Labute approximate surface area is 206 Å². The number of hydrogen-bond acceptors (Lipinski definition) is 3. The first-order chi connectivity index (χ1) is 15.2. The summed E-state index contributed by atoms with van der Waals surface area (Å²) in [6.07, 6.45) is 0. The Kier molecular flexibility index (Phi) is 8.81. The Bertz CT molecular complexity index is 980. The van der Waals surface area contributed by atoms with Gasteiger partial charge in [0.1, 0.15) is 0 Å². The molecule has 1 aliphatic heterocycles. The van der Waals surface area contributed by atoms with E-state index in [9.17, 15) is 0 Å². The first kappa shape index (κ1) is 27.0. The van der Waals surface area contributed by atoms with Gasteiger partial charge in [0.2, 0.25) is 6.79 Å². The summed E-state index contributed by atoms with van der Waals surface area (Å²) in [6, 6.07) is 19.2. The van der Waals surface area contributed by atoms with Crippen LogP contribution in [0.2, 0.25) is 0 Å². The average molecular weight is 467 g/mol. The molecule has 0 fully saturated rings. The van der Waals surface area contributed by atoms with Crippen molar-refractivity contribution in [2.45, 2.75) is 85.5 Å². The van der Waals surface area contributed by atoms with E-state index in [1.165, 1.54) is 21.6 Å². The third-order valence-electron chi connectivity index (χ3n) is 5.42. The highest BCUT2D eigenvalue weighted by molar-refractivity contribution is 7.10. The molecule has 33 heavy (non-hydrogen) atoms. The minimum Gasteiger partial charge on any atom is -0.454 e. The number of ether oxygens (including phenoxy) is 2. The minimum atomic E-state index is 0.168. The van der Waals surface area contributed by atoms with E-state index in [1.807, 2.05) is 17.4 Å².